The molecule has 0 saturated carbocycles. The molecule has 34 heavy (non-hydrogen) atoms. The Morgan fingerprint density at radius 3 is 2.59 bits per heavy atom. The van der Waals surface area contributed by atoms with E-state index in [9.17, 15) is 13.2 Å². The summed E-state index contributed by atoms with van der Waals surface area (Å²) in [6, 6.07) is 14.5. The molecule has 4 aromatic rings. The lowest BCUT2D eigenvalue weighted by Gasteiger charge is -2.20. The highest BCUT2D eigenvalue weighted by Gasteiger charge is 2.42. The first-order valence-corrected chi connectivity index (χ1v) is 11.8. The number of nitrogens with zero attached hydrogens (tertiary/aromatic N) is 2. The molecule has 2 heterocycles. The van der Waals surface area contributed by atoms with Crippen molar-refractivity contribution < 1.29 is 17.7 Å². The van der Waals surface area contributed by atoms with Gasteiger partial charge in [-0.1, -0.05) is 53.7 Å². The van der Waals surface area contributed by atoms with Crippen molar-refractivity contribution in [3.8, 4) is 32.5 Å². The molecule has 1 aliphatic rings. The van der Waals surface area contributed by atoms with E-state index in [1.54, 1.807) is 30.3 Å². The zero-order valence-corrected chi connectivity index (χ0v) is 19.4. The number of aryl methyl sites for hydroxylation is 3. The van der Waals surface area contributed by atoms with Crippen LogP contribution in [0.1, 0.15) is 35.7 Å². The molecule has 0 bridgehead atoms. The summed E-state index contributed by atoms with van der Waals surface area (Å²) < 4.78 is 47.6. The summed E-state index contributed by atoms with van der Waals surface area (Å²) in [6.45, 7) is 5.86. The third kappa shape index (κ3) is 4.40. The van der Waals surface area contributed by atoms with Crippen LogP contribution in [0.4, 0.5) is 13.2 Å². The molecule has 0 fully saturated rings. The molecule has 175 valence electrons. The Kier molecular flexibility index (Phi) is 5.61. The van der Waals surface area contributed by atoms with E-state index >= 15 is 0 Å². The van der Waals surface area contributed by atoms with Gasteiger partial charge in [-0.2, -0.15) is 13.2 Å². The maximum Gasteiger partial charge on any atom is 0.422 e. The molecule has 8 heteroatoms. The molecule has 0 spiro atoms. The fourth-order valence-corrected chi connectivity index (χ4v) is 5.39. The summed E-state index contributed by atoms with van der Waals surface area (Å²) in [5.41, 5.74) is 8.90. The third-order valence-electron chi connectivity index (χ3n) is 5.94. The molecule has 0 amide bonds. The fraction of sp³-hybridized carbons (Fsp3) is 0.269. The van der Waals surface area contributed by atoms with Gasteiger partial charge >= 0.3 is 6.18 Å². The van der Waals surface area contributed by atoms with Gasteiger partial charge in [0.15, 0.2) is 5.01 Å². The number of hydrogen-bond acceptors (Lipinski definition) is 5. The van der Waals surface area contributed by atoms with Gasteiger partial charge in [0, 0.05) is 11.1 Å². The van der Waals surface area contributed by atoms with Gasteiger partial charge in [0.1, 0.15) is 11.3 Å². The number of rotatable bonds is 5. The zero-order chi connectivity index (χ0) is 24.1. The highest BCUT2D eigenvalue weighted by atomic mass is 32.1. The van der Waals surface area contributed by atoms with E-state index in [0.29, 0.717) is 12.0 Å². The molecule has 2 aromatic heterocycles. The van der Waals surface area contributed by atoms with Crippen molar-refractivity contribution in [3.63, 3.8) is 0 Å². The number of hydrogen-bond donors (Lipinski definition) is 1. The molecular formula is C26H23F3N3OS. The van der Waals surface area contributed by atoms with Gasteiger partial charge in [-0.15, -0.1) is 11.3 Å². The van der Waals surface area contributed by atoms with Gasteiger partial charge in [0.25, 0.3) is 0 Å². The van der Waals surface area contributed by atoms with Crippen LogP contribution >= 0.6 is 11.3 Å². The maximum atomic E-state index is 14.1. The standard InChI is InChI=1S/C26H23F3N3OS/c1-25(2,30)13-12-15-8-10-18-17(14-15)9-11-19-23(18)34-24(31-19)22-20(26(27,28)29)21(32-33-22)16-6-4-3-5-7-16/h3-8,10,14H,1,9,11-13,30H2,2H3. The lowest BCUT2D eigenvalue weighted by atomic mass is 9.90. The fourth-order valence-electron chi connectivity index (χ4n) is 4.23. The first kappa shape index (κ1) is 22.8. The number of alkyl halides is 3. The predicted octanol–water partition coefficient (Wildman–Crippen LogP) is 6.73. The number of fused-ring (bicyclic) bond motifs is 3. The molecule has 4 nitrogen and oxygen atoms in total. The van der Waals surface area contributed by atoms with Gasteiger partial charge in [-0.05, 0) is 56.2 Å². The van der Waals surface area contributed by atoms with E-state index < -0.39 is 17.3 Å². The Hall–Kier alpha value is -2.97. The monoisotopic (exact) mass is 482 g/mol. The average Bonchev–Trinajstić information content (AvgIpc) is 3.42. The van der Waals surface area contributed by atoms with Crippen molar-refractivity contribution in [2.45, 2.75) is 44.3 Å². The van der Waals surface area contributed by atoms with Crippen LogP contribution < -0.4 is 5.73 Å². The number of aromatic nitrogens is 2. The van der Waals surface area contributed by atoms with E-state index in [2.05, 4.69) is 23.1 Å². The highest BCUT2D eigenvalue weighted by Crippen LogP contribution is 2.47. The number of benzene rings is 2. The predicted molar refractivity (Wildman–Crippen MR) is 127 cm³/mol. The van der Waals surface area contributed by atoms with Crippen LogP contribution in [0.3, 0.4) is 0 Å². The topological polar surface area (TPSA) is 64.9 Å². The van der Waals surface area contributed by atoms with Crippen molar-refractivity contribution in [2.75, 3.05) is 0 Å². The van der Waals surface area contributed by atoms with Crippen LogP contribution in [0.5, 0.6) is 0 Å². The average molecular weight is 483 g/mol. The van der Waals surface area contributed by atoms with Crippen LogP contribution in [0.15, 0.2) is 53.1 Å². The number of nitrogens with two attached hydrogens (primary N) is 1. The van der Waals surface area contributed by atoms with Gasteiger partial charge in [-0.3, -0.25) is 0 Å². The summed E-state index contributed by atoms with van der Waals surface area (Å²) in [7, 11) is 0. The summed E-state index contributed by atoms with van der Waals surface area (Å²) >= 11 is 1.22. The van der Waals surface area contributed by atoms with E-state index in [0.717, 1.165) is 35.4 Å². The van der Waals surface area contributed by atoms with E-state index in [1.807, 2.05) is 19.1 Å². The summed E-state index contributed by atoms with van der Waals surface area (Å²) in [5, 5.41) is 3.98. The van der Waals surface area contributed by atoms with Crippen LogP contribution in [0.2, 0.25) is 0 Å². The molecule has 0 saturated heterocycles. The quantitative estimate of drug-likeness (QED) is 0.342. The minimum atomic E-state index is -4.63. The van der Waals surface area contributed by atoms with E-state index in [1.165, 1.54) is 22.5 Å². The molecular weight excluding hydrogens is 459 g/mol. The lowest BCUT2D eigenvalue weighted by Crippen LogP contribution is -2.32. The second-order valence-corrected chi connectivity index (χ2v) is 10.0. The highest BCUT2D eigenvalue weighted by molar-refractivity contribution is 7.18. The van der Waals surface area contributed by atoms with E-state index in [4.69, 9.17) is 10.3 Å². The molecule has 2 aromatic carbocycles. The SMILES string of the molecule is [CH2]C(C)(N)CCc1ccc2c(c1)CCc1nc(-c3onc(-c4ccccc4)c3C(F)(F)F)sc1-2. The smallest absolute Gasteiger partial charge is 0.352 e. The first-order valence-electron chi connectivity index (χ1n) is 11.0. The molecule has 1 radical (unpaired) electrons. The number of thiazole rings is 1. The Labute approximate surface area is 199 Å². The van der Waals surface area contributed by atoms with Gasteiger partial charge < -0.3 is 10.3 Å². The van der Waals surface area contributed by atoms with Crippen molar-refractivity contribution in [2.24, 2.45) is 5.73 Å². The first-order chi connectivity index (χ1) is 16.1. The molecule has 5 rings (SSSR count). The summed E-state index contributed by atoms with van der Waals surface area (Å²) in [6.07, 6.45) is -1.61. The second-order valence-electron chi connectivity index (χ2n) is 9.04. The lowest BCUT2D eigenvalue weighted by molar-refractivity contribution is -0.136. The molecule has 1 unspecified atom stereocenters. The Bertz CT molecular complexity index is 1330. The number of halogens is 3. The van der Waals surface area contributed by atoms with Crippen molar-refractivity contribution >= 4 is 11.3 Å². The minimum Gasteiger partial charge on any atom is -0.352 e. The van der Waals surface area contributed by atoms with Crippen LogP contribution in [-0.2, 0) is 25.4 Å². The van der Waals surface area contributed by atoms with Crippen LogP contribution in [0.25, 0.3) is 32.5 Å². The van der Waals surface area contributed by atoms with Gasteiger partial charge in [-0.25, -0.2) is 4.98 Å². The van der Waals surface area contributed by atoms with Crippen LogP contribution in [0, 0.1) is 6.92 Å². The maximum absolute atomic E-state index is 14.1. The summed E-state index contributed by atoms with van der Waals surface area (Å²) in [4.78, 5) is 5.44. The second kappa shape index (κ2) is 8.36. The molecule has 1 atom stereocenters. The van der Waals surface area contributed by atoms with Gasteiger partial charge in [0.05, 0.1) is 10.6 Å². The molecule has 2 N–H and O–H groups in total. The van der Waals surface area contributed by atoms with E-state index in [-0.39, 0.29) is 16.5 Å². The summed E-state index contributed by atoms with van der Waals surface area (Å²) in [5.74, 6) is -0.332. The largest absolute Gasteiger partial charge is 0.422 e. The van der Waals surface area contributed by atoms with Crippen molar-refractivity contribution in [3.05, 3.63) is 77.8 Å². The third-order valence-corrected chi connectivity index (χ3v) is 7.07. The van der Waals surface area contributed by atoms with Crippen LogP contribution in [-0.4, -0.2) is 15.7 Å². The Morgan fingerprint density at radius 1 is 1.12 bits per heavy atom. The molecule has 1 aliphatic carbocycles. The normalized spacial score (nSPS) is 13.6. The van der Waals surface area contributed by atoms with Crippen molar-refractivity contribution in [1.29, 1.82) is 0 Å². The Balaban J connectivity index is 1.53. The minimum absolute atomic E-state index is 0.194. The van der Waals surface area contributed by atoms with Crippen molar-refractivity contribution in [1.82, 2.24) is 10.1 Å². The van der Waals surface area contributed by atoms with Gasteiger partial charge in [0.2, 0.25) is 5.76 Å². The Morgan fingerprint density at radius 2 is 1.88 bits per heavy atom. The zero-order valence-electron chi connectivity index (χ0n) is 18.6. The molecule has 0 aliphatic heterocycles.